The fourth-order valence-corrected chi connectivity index (χ4v) is 2.96. The number of nitrogens with zero attached hydrogens (tertiary/aromatic N) is 4. The number of aromatic nitrogens is 2. The summed E-state index contributed by atoms with van der Waals surface area (Å²) in [5, 5.41) is 3.64. The first kappa shape index (κ1) is 16.0. The molecule has 4 amide bonds. The van der Waals surface area contributed by atoms with Crippen molar-refractivity contribution in [3.63, 3.8) is 0 Å². The summed E-state index contributed by atoms with van der Waals surface area (Å²) in [7, 11) is 0. The van der Waals surface area contributed by atoms with Crippen molar-refractivity contribution in [2.45, 2.75) is 13.5 Å². The topological polar surface area (TPSA) is 141 Å². The van der Waals surface area contributed by atoms with Gasteiger partial charge in [-0.1, -0.05) is 5.16 Å². The first-order valence-corrected chi connectivity index (χ1v) is 7.70. The standard InChI is InChI=1S/C15H13N5O6/c1-7-17-13(26-18-7)5-20-14(22)8-2-10-11(25-6-24-10)3-9(8)19(15(20)23)4-12(16)21/h2-3,8H,4-6H2,1H3,(H-,16,21)/p+1. The zero-order valence-corrected chi connectivity index (χ0v) is 13.7. The van der Waals surface area contributed by atoms with Gasteiger partial charge < -0.3 is 19.7 Å². The summed E-state index contributed by atoms with van der Waals surface area (Å²) in [6.45, 7) is 1.04. The predicted octanol–water partition coefficient (Wildman–Crippen LogP) is -0.819. The van der Waals surface area contributed by atoms with Gasteiger partial charge in [0.1, 0.15) is 11.6 Å². The van der Waals surface area contributed by atoms with Gasteiger partial charge in [0.05, 0.1) is 0 Å². The lowest BCUT2D eigenvalue weighted by Crippen LogP contribution is -2.55. The van der Waals surface area contributed by atoms with Crippen LogP contribution >= 0.6 is 0 Å². The van der Waals surface area contributed by atoms with E-state index in [-0.39, 0.29) is 25.8 Å². The number of amides is 4. The van der Waals surface area contributed by atoms with Crippen LogP contribution < -0.4 is 5.73 Å². The molecular weight excluding hydrogens is 346 g/mol. The molecule has 3 aliphatic rings. The number of carbonyl (C=O) groups is 3. The number of hydrogen-bond donors (Lipinski definition) is 1. The van der Waals surface area contributed by atoms with Crippen LogP contribution in [0.3, 0.4) is 0 Å². The normalized spacial score (nSPS) is 21.6. The number of aryl methyl sites for hydroxylation is 1. The van der Waals surface area contributed by atoms with Gasteiger partial charge in [-0.3, -0.25) is 4.79 Å². The van der Waals surface area contributed by atoms with Gasteiger partial charge >= 0.3 is 11.9 Å². The Balaban J connectivity index is 1.77. The highest BCUT2D eigenvalue weighted by atomic mass is 16.7. The number of nitrogens with two attached hydrogens (primary N) is 1. The average Bonchev–Trinajstić information content (AvgIpc) is 3.22. The van der Waals surface area contributed by atoms with Crippen molar-refractivity contribution in [1.29, 1.82) is 0 Å². The van der Waals surface area contributed by atoms with Crippen LogP contribution in [0, 0.1) is 12.8 Å². The van der Waals surface area contributed by atoms with E-state index >= 15 is 0 Å². The first-order valence-electron chi connectivity index (χ1n) is 7.70. The molecule has 4 rings (SSSR count). The minimum absolute atomic E-state index is 0.0145. The minimum atomic E-state index is -0.823. The summed E-state index contributed by atoms with van der Waals surface area (Å²) >= 11 is 0. The Morgan fingerprint density at radius 1 is 1.38 bits per heavy atom. The summed E-state index contributed by atoms with van der Waals surface area (Å²) in [4.78, 5) is 42.1. The number of carbonyl (C=O) groups excluding carboxylic acids is 3. The summed E-state index contributed by atoms with van der Waals surface area (Å²) in [6, 6.07) is -0.705. The average molecular weight is 360 g/mol. The van der Waals surface area contributed by atoms with Crippen LogP contribution in [0.25, 0.3) is 0 Å². The third-order valence-corrected chi connectivity index (χ3v) is 4.07. The molecule has 0 aromatic carbocycles. The Hall–Kier alpha value is -3.50. The van der Waals surface area contributed by atoms with Crippen LogP contribution in [0.4, 0.5) is 4.79 Å². The Bertz CT molecular complexity index is 927. The smallest absolute Gasteiger partial charge is 0.454 e. The monoisotopic (exact) mass is 360 g/mol. The van der Waals surface area contributed by atoms with Gasteiger partial charge in [-0.2, -0.15) is 14.4 Å². The second-order valence-electron chi connectivity index (χ2n) is 5.84. The van der Waals surface area contributed by atoms with E-state index in [0.29, 0.717) is 23.1 Å². The van der Waals surface area contributed by atoms with Gasteiger partial charge in [-0.15, -0.1) is 4.90 Å². The third-order valence-electron chi connectivity index (χ3n) is 4.07. The van der Waals surface area contributed by atoms with Crippen LogP contribution in [-0.4, -0.2) is 56.5 Å². The van der Waals surface area contributed by atoms with Gasteiger partial charge in [0.2, 0.25) is 6.79 Å². The number of allylic oxidation sites excluding steroid dienone is 1. The Labute approximate surface area is 146 Å². The molecule has 2 aliphatic heterocycles. The fraction of sp³-hybridized carbons (Fsp3) is 0.333. The zero-order valence-electron chi connectivity index (χ0n) is 13.7. The molecule has 1 fully saturated rings. The van der Waals surface area contributed by atoms with Crippen LogP contribution in [0.2, 0.25) is 0 Å². The maximum atomic E-state index is 12.9. The molecule has 0 radical (unpaired) electrons. The molecule has 1 aromatic rings. The molecule has 26 heavy (non-hydrogen) atoms. The molecule has 1 aliphatic carbocycles. The van der Waals surface area contributed by atoms with E-state index in [0.717, 1.165) is 9.48 Å². The molecule has 11 nitrogen and oxygen atoms in total. The van der Waals surface area contributed by atoms with Crippen molar-refractivity contribution >= 4 is 23.6 Å². The number of urea groups is 1. The number of ether oxygens (including phenoxy) is 2. The van der Waals surface area contributed by atoms with Crippen LogP contribution in [0.5, 0.6) is 0 Å². The second-order valence-corrected chi connectivity index (χ2v) is 5.84. The molecule has 1 saturated heterocycles. The number of fused-ring (bicyclic) bond motifs is 2. The van der Waals surface area contributed by atoms with E-state index in [1.165, 1.54) is 6.08 Å². The van der Waals surface area contributed by atoms with Crippen molar-refractivity contribution < 1.29 is 33.0 Å². The molecule has 1 aromatic heterocycles. The van der Waals surface area contributed by atoms with E-state index in [9.17, 15) is 14.4 Å². The van der Waals surface area contributed by atoms with Gasteiger partial charge in [-0.05, 0) is 13.0 Å². The zero-order chi connectivity index (χ0) is 18.4. The maximum absolute atomic E-state index is 12.9. The van der Waals surface area contributed by atoms with Gasteiger partial charge in [0.15, 0.2) is 30.4 Å². The van der Waals surface area contributed by atoms with Crippen molar-refractivity contribution in [3.05, 3.63) is 35.4 Å². The SMILES string of the molecule is Cc1noc(CN2C(=O)C3C=C4OCOC4=CC3=[N+](CC(N)=O)C2=O)n1. The summed E-state index contributed by atoms with van der Waals surface area (Å²) in [5.41, 5.74) is 5.57. The first-order chi connectivity index (χ1) is 12.4. The van der Waals surface area contributed by atoms with E-state index in [2.05, 4.69) is 10.1 Å². The Morgan fingerprint density at radius 2 is 2.15 bits per heavy atom. The quantitative estimate of drug-likeness (QED) is 0.687. The lowest BCUT2D eigenvalue weighted by atomic mass is 9.93. The summed E-state index contributed by atoms with van der Waals surface area (Å²) in [6.07, 6.45) is 3.06. The predicted molar refractivity (Wildman–Crippen MR) is 81.0 cm³/mol. The Kier molecular flexibility index (Phi) is 3.56. The van der Waals surface area contributed by atoms with E-state index in [1.54, 1.807) is 13.0 Å². The number of rotatable bonds is 4. The highest BCUT2D eigenvalue weighted by Crippen LogP contribution is 2.31. The van der Waals surface area contributed by atoms with Crippen molar-refractivity contribution in [3.8, 4) is 0 Å². The minimum Gasteiger partial charge on any atom is -0.454 e. The molecule has 11 heteroatoms. The molecular formula is C15H14N5O6+. The van der Waals surface area contributed by atoms with Gasteiger partial charge in [-0.25, -0.2) is 4.79 Å². The highest BCUT2D eigenvalue weighted by Gasteiger charge is 2.50. The number of hydrogen-bond acceptors (Lipinski definition) is 8. The third kappa shape index (κ3) is 2.53. The fourth-order valence-electron chi connectivity index (χ4n) is 2.96. The second kappa shape index (κ2) is 5.79. The van der Waals surface area contributed by atoms with Crippen molar-refractivity contribution in [2.75, 3.05) is 13.3 Å². The summed E-state index contributed by atoms with van der Waals surface area (Å²) < 4.78 is 16.7. The lowest BCUT2D eigenvalue weighted by molar-refractivity contribution is -0.428. The van der Waals surface area contributed by atoms with Gasteiger partial charge in [0.25, 0.3) is 11.8 Å². The maximum Gasteiger partial charge on any atom is 0.501 e. The Morgan fingerprint density at radius 3 is 2.85 bits per heavy atom. The van der Waals surface area contributed by atoms with E-state index in [1.807, 2.05) is 0 Å². The van der Waals surface area contributed by atoms with Crippen LogP contribution in [-0.2, 0) is 25.6 Å². The number of primary amides is 1. The molecule has 0 bridgehead atoms. The molecule has 1 unspecified atom stereocenters. The lowest BCUT2D eigenvalue weighted by Gasteiger charge is -2.26. The van der Waals surface area contributed by atoms with Crippen molar-refractivity contribution in [1.82, 2.24) is 15.0 Å². The molecule has 1 atom stereocenters. The largest absolute Gasteiger partial charge is 0.501 e. The van der Waals surface area contributed by atoms with E-state index < -0.39 is 23.8 Å². The summed E-state index contributed by atoms with van der Waals surface area (Å²) in [5.74, 6) is -0.754. The molecule has 0 saturated carbocycles. The van der Waals surface area contributed by atoms with Crippen LogP contribution in [0.15, 0.2) is 28.2 Å². The molecule has 3 heterocycles. The number of imide groups is 1. The van der Waals surface area contributed by atoms with Crippen molar-refractivity contribution in [2.24, 2.45) is 11.7 Å². The molecule has 0 spiro atoms. The highest BCUT2D eigenvalue weighted by molar-refractivity contribution is 6.17. The van der Waals surface area contributed by atoms with E-state index in [4.69, 9.17) is 19.7 Å². The van der Waals surface area contributed by atoms with Gasteiger partial charge in [0, 0.05) is 6.08 Å². The molecule has 134 valence electrons. The van der Waals surface area contributed by atoms with Crippen LogP contribution in [0.1, 0.15) is 11.7 Å². The molecule has 2 N–H and O–H groups in total.